The average Bonchev–Trinajstić information content (AvgIpc) is 1.49. The van der Waals surface area contributed by atoms with Crippen molar-refractivity contribution in [1.82, 2.24) is 23.4 Å². The molecule has 115 heavy (non-hydrogen) atoms. The number of rotatable bonds is 3. The van der Waals surface area contributed by atoms with Gasteiger partial charge >= 0.3 is 0 Å². The average molecular weight is 1490 g/mol. The molecule has 23 rings (SSSR count). The van der Waals surface area contributed by atoms with Crippen molar-refractivity contribution in [2.24, 2.45) is 0 Å². The maximum absolute atomic E-state index is 7.30. The van der Waals surface area contributed by atoms with Crippen molar-refractivity contribution in [2.45, 2.75) is 81.2 Å². The topological polar surface area (TPSA) is 65.8 Å². The fourth-order valence-electron chi connectivity index (χ4n) is 17.7. The fourth-order valence-corrected chi connectivity index (χ4v) is 17.7. The minimum absolute atomic E-state index is 0.676. The van der Waals surface area contributed by atoms with E-state index in [4.69, 9.17) is 32.9 Å². The molecule has 0 radical (unpaired) electrons. The highest BCUT2D eigenvalue weighted by molar-refractivity contribution is 5.90. The van der Waals surface area contributed by atoms with Crippen molar-refractivity contribution in [2.75, 3.05) is 0 Å². The zero-order chi connectivity index (χ0) is 78.6. The Balaban J connectivity index is 0.0000000962. The van der Waals surface area contributed by atoms with Crippen LogP contribution in [0.3, 0.4) is 0 Å². The Morgan fingerprint density at radius 3 is 1.12 bits per heavy atom. The maximum Gasteiger partial charge on any atom is 0.204 e. The van der Waals surface area contributed by atoms with Crippen LogP contribution in [0.5, 0.6) is 0 Å². The third kappa shape index (κ3) is 11.8. The Morgan fingerprint density at radius 1 is 0.252 bits per heavy atom. The molecule has 5 aliphatic heterocycles. The van der Waals surface area contributed by atoms with Gasteiger partial charge in [0.2, 0.25) is 31.0 Å². The van der Waals surface area contributed by atoms with Crippen LogP contribution in [0.2, 0.25) is 0 Å². The summed E-state index contributed by atoms with van der Waals surface area (Å²) in [5.41, 5.74) is 38.8. The van der Waals surface area contributed by atoms with Gasteiger partial charge in [0, 0.05) is 22.3 Å². The molecule has 0 atom stereocenters. The Bertz CT molecular complexity index is 7390. The molecule has 10 heterocycles. The third-order valence-corrected chi connectivity index (χ3v) is 23.8. The minimum atomic E-state index is 0.676. The van der Waals surface area contributed by atoms with E-state index in [0.717, 1.165) is 71.1 Å². The summed E-state index contributed by atoms with van der Waals surface area (Å²) in [6.07, 6.45) is 10.8. The van der Waals surface area contributed by atoms with E-state index in [0.29, 0.717) is 28.4 Å². The first-order valence-electron chi connectivity index (χ1n) is 38.5. The number of aromatic nitrogens is 10. The van der Waals surface area contributed by atoms with E-state index in [2.05, 4.69) is 284 Å². The number of benzene rings is 13. The lowest BCUT2D eigenvalue weighted by molar-refractivity contribution is -0.749. The van der Waals surface area contributed by atoms with Gasteiger partial charge in [-0.3, -0.25) is 0 Å². The number of hydrogen-bond acceptors (Lipinski definition) is 0. The van der Waals surface area contributed by atoms with Crippen LogP contribution in [-0.2, 0) is 32.7 Å². The number of hydrogen-bond donors (Lipinski definition) is 0. The third-order valence-electron chi connectivity index (χ3n) is 23.8. The van der Waals surface area contributed by atoms with Crippen molar-refractivity contribution < 1.29 is 23.4 Å². The minimum Gasteiger partial charge on any atom is -0.238 e. The summed E-state index contributed by atoms with van der Waals surface area (Å²) in [7, 11) is 0. The molecule has 5 aliphatic rings. The van der Waals surface area contributed by atoms with E-state index in [1.807, 2.05) is 109 Å². The van der Waals surface area contributed by atoms with E-state index in [1.54, 1.807) is 0 Å². The summed E-state index contributed by atoms with van der Waals surface area (Å²) in [4.78, 5) is 17.9. The molecule has 0 fully saturated rings. The Kier molecular flexibility index (Phi) is 17.0. The molecule has 0 aliphatic carbocycles. The Morgan fingerprint density at radius 2 is 0.635 bits per heavy atom. The molecule has 13 aromatic carbocycles. The van der Waals surface area contributed by atoms with E-state index in [9.17, 15) is 0 Å². The van der Waals surface area contributed by atoms with Gasteiger partial charge in [-0.2, -0.15) is 0 Å². The molecule has 0 spiro atoms. The molecular formula is C100H76N15+5. The summed E-state index contributed by atoms with van der Waals surface area (Å²) in [5, 5.41) is 5.87. The highest BCUT2D eigenvalue weighted by Crippen LogP contribution is 2.40. The standard InChI is InChI=1S/3C21H14N3.C19H18N3.C18H16N3/c1-22-18-11-10-16-13-23-14-17-8-5-9-19(15-6-3-2-4-7-15)21(17)24(23)20(16)12-18;1-22-19-9-7-17-13-23-14-18-11-16(15-5-3-2-4-6-15)8-10-20(18)24(23)21(17)12-19;1-22-19-10-9-18-14-23-13-17-8-7-16(15-5-3-2-4-6-15)11-20(17)24(23)21(18)12-19;1-11-12(2)14(4)19-17(13(11)3)10-21-9-15-6-7-16(20-5)8-18(15)22(19)21;1-11-7-12(2)16-10-20-9-14-5-6-15(19-4)8-17(14)21(20)18(16)13(11)3/h2*2-13H,14H2;2-12,14H,13H2;6-9H,10H2,1-4H3;5-9H,10H2,1-3H3/q5*+1. The van der Waals surface area contributed by atoms with Gasteiger partial charge in [-0.05, 0) is 170 Å². The van der Waals surface area contributed by atoms with Gasteiger partial charge in [0.1, 0.15) is 56.0 Å². The molecule has 0 saturated heterocycles. The van der Waals surface area contributed by atoms with Crippen molar-refractivity contribution in [3.8, 4) is 61.8 Å². The van der Waals surface area contributed by atoms with Crippen LogP contribution >= 0.6 is 0 Å². The second-order valence-electron chi connectivity index (χ2n) is 30.4. The molecule has 0 unspecified atom stereocenters. The first-order chi connectivity index (χ1) is 56.1. The summed E-state index contributed by atoms with van der Waals surface area (Å²) in [5.74, 6) is 0. The van der Waals surface area contributed by atoms with Crippen LogP contribution < -0.4 is 23.4 Å². The summed E-state index contributed by atoms with van der Waals surface area (Å²) in [6, 6.07) is 82.9. The molecule has 0 bridgehead atoms. The van der Waals surface area contributed by atoms with Gasteiger partial charge in [-0.1, -0.05) is 188 Å². The maximum atomic E-state index is 7.30. The second kappa shape index (κ2) is 27.9. The number of nitrogens with zero attached hydrogens (tertiary/aromatic N) is 15. The molecule has 5 aromatic heterocycles. The van der Waals surface area contributed by atoms with Crippen LogP contribution in [0.1, 0.15) is 66.8 Å². The summed E-state index contributed by atoms with van der Waals surface area (Å²) in [6.45, 7) is 56.1. The first-order valence-corrected chi connectivity index (χ1v) is 38.5. The SMILES string of the molecule is [C-]#[N+]c1ccc2c[n+]3n(c2c1)-c1c(C)c(C)c(C)c(C)c1C3.[C-]#[N+]c1ccc2c[n+]3n(c2c1)-c1c(C)c(C)cc(C)c1C3.[C-]#[N+]c1ccc2c[n+]3n(c2c1)-c1c(cccc1-c1ccccc1)C3.[C-]#[N+]c1ccc2c[n+]3n(c2c1)-c1cc(-c2ccccc2)ccc1C3.[C-]#[N+]c1ccc2c[n+]3n(c2c1)-c1ccc(-c2ccccc2)cc1C3. The van der Waals surface area contributed by atoms with Crippen molar-refractivity contribution in [1.29, 1.82) is 0 Å². The predicted molar refractivity (Wildman–Crippen MR) is 454 cm³/mol. The quantitative estimate of drug-likeness (QED) is 0.125. The fraction of sp³-hybridized carbons (Fsp3) is 0.120. The zero-order valence-corrected chi connectivity index (χ0v) is 64.7. The van der Waals surface area contributed by atoms with Crippen molar-refractivity contribution in [3.05, 3.63) is 397 Å². The summed E-state index contributed by atoms with van der Waals surface area (Å²) >= 11 is 0. The van der Waals surface area contributed by atoms with Crippen molar-refractivity contribution in [3.63, 3.8) is 0 Å². The molecule has 18 aromatic rings. The molecule has 0 saturated carbocycles. The number of fused-ring (bicyclic) bond motifs is 25. The lowest BCUT2D eigenvalue weighted by Crippen LogP contribution is -2.36. The zero-order valence-electron chi connectivity index (χ0n) is 64.7. The van der Waals surface area contributed by atoms with Gasteiger partial charge in [0.25, 0.3) is 0 Å². The van der Waals surface area contributed by atoms with E-state index in [-0.39, 0.29) is 0 Å². The highest BCUT2D eigenvalue weighted by Gasteiger charge is 2.37. The van der Waals surface area contributed by atoms with Gasteiger partial charge in [0.15, 0.2) is 61.2 Å². The van der Waals surface area contributed by atoms with Gasteiger partial charge in [0.05, 0.1) is 70.9 Å². The summed E-state index contributed by atoms with van der Waals surface area (Å²) < 4.78 is 22.4. The molecule has 15 heteroatoms. The highest BCUT2D eigenvalue weighted by atomic mass is 15.4. The smallest absolute Gasteiger partial charge is 0.204 e. The Hall–Kier alpha value is -15.3. The number of aryl methyl sites for hydroxylation is 2. The van der Waals surface area contributed by atoms with Crippen LogP contribution in [0, 0.1) is 81.3 Å². The van der Waals surface area contributed by atoms with Gasteiger partial charge < -0.3 is 0 Å². The first kappa shape index (κ1) is 70.1. The van der Waals surface area contributed by atoms with Crippen LogP contribution in [0.4, 0.5) is 28.4 Å². The predicted octanol–water partition coefficient (Wildman–Crippen LogP) is 21.3. The van der Waals surface area contributed by atoms with Crippen LogP contribution in [-0.4, -0.2) is 23.4 Å². The van der Waals surface area contributed by atoms with Gasteiger partial charge in [-0.15, -0.1) is 46.8 Å². The van der Waals surface area contributed by atoms with E-state index in [1.165, 1.54) is 145 Å². The molecular weight excluding hydrogens is 1410 g/mol. The van der Waals surface area contributed by atoms with E-state index < -0.39 is 0 Å². The monoisotopic (exact) mass is 1490 g/mol. The molecule has 546 valence electrons. The Labute approximate surface area is 666 Å². The molecule has 0 N–H and O–H groups in total. The largest absolute Gasteiger partial charge is 0.238 e. The van der Waals surface area contributed by atoms with Crippen LogP contribution in [0.25, 0.3) is 141 Å². The lowest BCUT2D eigenvalue weighted by atomic mass is 9.92. The normalized spacial score (nSPS) is 12.1. The second-order valence-corrected chi connectivity index (χ2v) is 30.4. The molecule has 15 nitrogen and oxygen atoms in total. The van der Waals surface area contributed by atoms with Crippen LogP contribution in [0.15, 0.2) is 274 Å². The van der Waals surface area contributed by atoms with E-state index >= 15 is 0 Å². The van der Waals surface area contributed by atoms with Crippen molar-refractivity contribution >= 4 is 83.0 Å². The number of para-hydroxylation sites is 1. The lowest BCUT2D eigenvalue weighted by Gasteiger charge is -2.13. The molecule has 0 amide bonds. The van der Waals surface area contributed by atoms with Gasteiger partial charge in [-0.25, -0.2) is 24.2 Å².